The summed E-state index contributed by atoms with van der Waals surface area (Å²) in [5.41, 5.74) is 11.0. The van der Waals surface area contributed by atoms with Crippen molar-refractivity contribution in [2.45, 2.75) is 23.6 Å². The summed E-state index contributed by atoms with van der Waals surface area (Å²) in [6, 6.07) is 9.72. The molecule has 2 aromatic rings. The number of primary sulfonamides is 2. The zero-order valence-electron chi connectivity index (χ0n) is 16.0. The van der Waals surface area contributed by atoms with E-state index in [1.165, 1.54) is 24.3 Å². The van der Waals surface area contributed by atoms with Crippen LogP contribution in [0.5, 0.6) is 0 Å². The molecule has 11 nitrogen and oxygen atoms in total. The van der Waals surface area contributed by atoms with Gasteiger partial charge in [0.2, 0.25) is 30.1 Å². The number of nitrogens with one attached hydrogen (secondary N) is 1. The van der Waals surface area contributed by atoms with Gasteiger partial charge in [0.05, 0.1) is 17.6 Å². The van der Waals surface area contributed by atoms with Gasteiger partial charge >= 0.3 is 0 Å². The standard InChI is InChI=1S/C7H11N3O4S2.C6H8N2O2S.C2H6/c1-15(11,12)10-5-2-3-6(8)7(4-5)16(9,13)14;7-5-3-1-2-4-6(5)11(8,9)10;1-2/h2-4,10H,8H2,1H3,(H2,9,13,14);1-4H,7H2,(H2,8,9,10);1-2H3. The third-order valence-electron chi connectivity index (χ3n) is 2.85. The van der Waals surface area contributed by atoms with Gasteiger partial charge in [0, 0.05) is 5.69 Å². The van der Waals surface area contributed by atoms with Crippen LogP contribution in [-0.4, -0.2) is 31.5 Å². The fourth-order valence-corrected chi connectivity index (χ4v) is 3.71. The highest BCUT2D eigenvalue weighted by molar-refractivity contribution is 7.92. The van der Waals surface area contributed by atoms with Crippen LogP contribution in [0.25, 0.3) is 0 Å². The quantitative estimate of drug-likeness (QED) is 0.391. The zero-order valence-corrected chi connectivity index (χ0v) is 18.5. The topological polar surface area (TPSA) is 219 Å². The largest absolute Gasteiger partial charge is 0.398 e. The van der Waals surface area contributed by atoms with Gasteiger partial charge in [0.25, 0.3) is 0 Å². The molecule has 0 aliphatic carbocycles. The fraction of sp³-hybridized carbons (Fsp3) is 0.200. The summed E-state index contributed by atoms with van der Waals surface area (Å²) in [6.45, 7) is 4.00. The van der Waals surface area contributed by atoms with Crippen molar-refractivity contribution in [2.75, 3.05) is 22.4 Å². The molecule has 0 saturated carbocycles. The van der Waals surface area contributed by atoms with Crippen LogP contribution in [0.2, 0.25) is 0 Å². The second-order valence-electron chi connectivity index (χ2n) is 5.25. The lowest BCUT2D eigenvalue weighted by molar-refractivity contribution is 0.596. The van der Waals surface area contributed by atoms with Crippen LogP contribution in [0.15, 0.2) is 52.3 Å². The van der Waals surface area contributed by atoms with Gasteiger partial charge in [-0.1, -0.05) is 26.0 Å². The van der Waals surface area contributed by atoms with Crippen LogP contribution < -0.4 is 26.5 Å². The summed E-state index contributed by atoms with van der Waals surface area (Å²) in [7, 11) is -11.1. The maximum atomic E-state index is 11.1. The van der Waals surface area contributed by atoms with Crippen molar-refractivity contribution in [1.29, 1.82) is 0 Å². The molecule has 0 radical (unpaired) electrons. The number of nitrogens with two attached hydrogens (primary N) is 4. The van der Waals surface area contributed by atoms with Crippen LogP contribution in [-0.2, 0) is 30.1 Å². The Morgan fingerprint density at radius 2 is 1.17 bits per heavy atom. The Bertz CT molecular complexity index is 1150. The molecule has 2 rings (SSSR count). The van der Waals surface area contributed by atoms with E-state index in [9.17, 15) is 25.3 Å². The van der Waals surface area contributed by atoms with Crippen molar-refractivity contribution in [2.24, 2.45) is 10.3 Å². The van der Waals surface area contributed by atoms with E-state index < -0.39 is 30.1 Å². The predicted octanol–water partition coefficient (Wildman–Crippen LogP) is 0.230. The monoisotopic (exact) mass is 467 g/mol. The summed E-state index contributed by atoms with van der Waals surface area (Å²) >= 11 is 0. The SMILES string of the molecule is CC.CS(=O)(=O)Nc1ccc(N)c(S(N)(=O)=O)c1.Nc1ccccc1S(N)(=O)=O. The van der Waals surface area contributed by atoms with Crippen LogP contribution in [0.3, 0.4) is 0 Å². The highest BCUT2D eigenvalue weighted by Crippen LogP contribution is 2.21. The Labute approximate surface area is 171 Å². The third-order valence-corrected chi connectivity index (χ3v) is 5.41. The van der Waals surface area contributed by atoms with Gasteiger partial charge < -0.3 is 11.5 Å². The molecule has 0 unspecified atom stereocenters. The summed E-state index contributed by atoms with van der Waals surface area (Å²) in [5, 5.41) is 9.76. The van der Waals surface area contributed by atoms with Gasteiger partial charge in [0.1, 0.15) is 9.79 Å². The van der Waals surface area contributed by atoms with Crippen LogP contribution in [0, 0.1) is 0 Å². The molecule has 0 aromatic heterocycles. The molecule has 0 amide bonds. The molecule has 9 N–H and O–H groups in total. The molecule has 29 heavy (non-hydrogen) atoms. The second-order valence-corrected chi connectivity index (χ2v) is 10.1. The van der Waals surface area contributed by atoms with E-state index in [-0.39, 0.29) is 26.9 Å². The molecule has 0 aliphatic heterocycles. The van der Waals surface area contributed by atoms with E-state index in [4.69, 9.17) is 21.7 Å². The number of sulfonamides is 3. The summed E-state index contributed by atoms with van der Waals surface area (Å²) in [4.78, 5) is -0.346. The average Bonchev–Trinajstić information content (AvgIpc) is 2.56. The number of rotatable bonds is 4. The van der Waals surface area contributed by atoms with Crippen LogP contribution in [0.1, 0.15) is 13.8 Å². The number of hydrogen-bond acceptors (Lipinski definition) is 8. The molecule has 14 heteroatoms. The van der Waals surface area contributed by atoms with Crippen molar-refractivity contribution in [1.82, 2.24) is 0 Å². The molecule has 0 atom stereocenters. The fourth-order valence-electron chi connectivity index (χ4n) is 1.80. The number of para-hydroxylation sites is 1. The minimum absolute atomic E-state index is 0.0278. The Balaban J connectivity index is 0.000000526. The normalized spacial score (nSPS) is 11.3. The van der Waals surface area contributed by atoms with Gasteiger partial charge in [-0.25, -0.2) is 35.5 Å². The Kier molecular flexibility index (Phi) is 9.55. The van der Waals surface area contributed by atoms with Crippen molar-refractivity contribution >= 4 is 47.1 Å². The zero-order chi connectivity index (χ0) is 23.0. The summed E-state index contributed by atoms with van der Waals surface area (Å²) in [5.74, 6) is 0. The first-order valence-electron chi connectivity index (χ1n) is 7.88. The predicted molar refractivity (Wildman–Crippen MR) is 114 cm³/mol. The highest BCUT2D eigenvalue weighted by Gasteiger charge is 2.14. The van der Waals surface area contributed by atoms with E-state index >= 15 is 0 Å². The smallest absolute Gasteiger partial charge is 0.240 e. The molecular formula is C15H25N5O6S3. The number of hydrogen-bond donors (Lipinski definition) is 5. The molecule has 0 aliphatic rings. The van der Waals surface area contributed by atoms with E-state index in [2.05, 4.69) is 4.72 Å². The number of nitrogen functional groups attached to an aromatic ring is 2. The molecule has 0 bridgehead atoms. The third kappa shape index (κ3) is 9.58. The van der Waals surface area contributed by atoms with Crippen molar-refractivity contribution < 1.29 is 25.3 Å². The minimum Gasteiger partial charge on any atom is -0.398 e. The van der Waals surface area contributed by atoms with Gasteiger partial charge in [-0.3, -0.25) is 4.72 Å². The maximum Gasteiger partial charge on any atom is 0.240 e. The van der Waals surface area contributed by atoms with E-state index in [1.807, 2.05) is 13.8 Å². The summed E-state index contributed by atoms with van der Waals surface area (Å²) < 4.78 is 67.7. The van der Waals surface area contributed by atoms with Crippen molar-refractivity contribution in [3.05, 3.63) is 42.5 Å². The Morgan fingerprint density at radius 3 is 1.55 bits per heavy atom. The van der Waals surface area contributed by atoms with Crippen LogP contribution in [0.4, 0.5) is 17.1 Å². The van der Waals surface area contributed by atoms with Crippen LogP contribution >= 0.6 is 0 Å². The molecule has 164 valence electrons. The van der Waals surface area contributed by atoms with Crippen molar-refractivity contribution in [3.63, 3.8) is 0 Å². The maximum absolute atomic E-state index is 11.1. The Hall–Kier alpha value is -2.39. The van der Waals surface area contributed by atoms with Gasteiger partial charge in [-0.05, 0) is 30.3 Å². The number of anilines is 3. The lowest BCUT2D eigenvalue weighted by atomic mass is 10.3. The molecule has 0 heterocycles. The number of benzene rings is 2. The highest BCUT2D eigenvalue weighted by atomic mass is 32.2. The Morgan fingerprint density at radius 1 is 0.724 bits per heavy atom. The first-order chi connectivity index (χ1) is 13.1. The van der Waals surface area contributed by atoms with E-state index in [1.54, 1.807) is 12.1 Å². The average molecular weight is 468 g/mol. The van der Waals surface area contributed by atoms with Crippen molar-refractivity contribution in [3.8, 4) is 0 Å². The van der Waals surface area contributed by atoms with Gasteiger partial charge in [-0.15, -0.1) is 0 Å². The lowest BCUT2D eigenvalue weighted by Gasteiger charge is -2.07. The van der Waals surface area contributed by atoms with Gasteiger partial charge in [-0.2, -0.15) is 0 Å². The second kappa shape index (κ2) is 10.4. The molecule has 0 fully saturated rings. The van der Waals surface area contributed by atoms with E-state index in [0.717, 1.165) is 12.3 Å². The summed E-state index contributed by atoms with van der Waals surface area (Å²) in [6.07, 6.45) is 0.944. The first-order valence-corrected chi connectivity index (χ1v) is 12.9. The molecule has 2 aromatic carbocycles. The first kappa shape index (κ1) is 26.6. The minimum atomic E-state index is -3.97. The molecule has 0 saturated heterocycles. The van der Waals surface area contributed by atoms with Gasteiger partial charge in [0.15, 0.2) is 0 Å². The lowest BCUT2D eigenvalue weighted by Crippen LogP contribution is -2.16. The molecule has 0 spiro atoms. The van der Waals surface area contributed by atoms with E-state index in [0.29, 0.717) is 0 Å². The molecular weight excluding hydrogens is 442 g/mol.